The summed E-state index contributed by atoms with van der Waals surface area (Å²) >= 11 is 0. The minimum absolute atomic E-state index is 0.117. The predicted molar refractivity (Wildman–Crippen MR) is 46.9 cm³/mol. The molecular formula is C7H16N4O. The van der Waals surface area contributed by atoms with Crippen molar-refractivity contribution in [3.8, 4) is 0 Å². The molecule has 1 atom stereocenters. The van der Waals surface area contributed by atoms with Gasteiger partial charge in [-0.1, -0.05) is 0 Å². The van der Waals surface area contributed by atoms with E-state index in [0.717, 1.165) is 19.5 Å². The maximum atomic E-state index is 11.1. The summed E-state index contributed by atoms with van der Waals surface area (Å²) in [5.41, 5.74) is 5.23. The van der Waals surface area contributed by atoms with E-state index in [9.17, 15) is 4.79 Å². The zero-order valence-electron chi connectivity index (χ0n) is 7.10. The largest absolute Gasteiger partial charge is 0.337 e. The maximum absolute atomic E-state index is 11.1. The highest BCUT2D eigenvalue weighted by Gasteiger charge is 2.15. The van der Waals surface area contributed by atoms with Crippen LogP contribution < -0.4 is 21.7 Å². The number of hydrogen-bond acceptors (Lipinski definition) is 3. The van der Waals surface area contributed by atoms with E-state index in [1.54, 1.807) is 0 Å². The second-order valence-corrected chi connectivity index (χ2v) is 2.88. The van der Waals surface area contributed by atoms with E-state index in [1.165, 1.54) is 0 Å². The average molecular weight is 172 g/mol. The van der Waals surface area contributed by atoms with Gasteiger partial charge in [-0.3, -0.25) is 0 Å². The van der Waals surface area contributed by atoms with E-state index < -0.39 is 0 Å². The first-order chi connectivity index (χ1) is 5.83. The molecule has 5 N–H and O–H groups in total. The molecule has 0 radical (unpaired) electrons. The molecule has 5 nitrogen and oxygen atoms in total. The number of urea groups is 1. The van der Waals surface area contributed by atoms with Gasteiger partial charge in [0.1, 0.15) is 0 Å². The molecule has 0 saturated carbocycles. The average Bonchev–Trinajstić information content (AvgIpc) is 2.53. The minimum Gasteiger partial charge on any atom is -0.337 e. The van der Waals surface area contributed by atoms with Crippen molar-refractivity contribution in [2.75, 3.05) is 26.2 Å². The first kappa shape index (κ1) is 9.28. The Kier molecular flexibility index (Phi) is 3.83. The number of nitrogens with two attached hydrogens (primary N) is 1. The van der Waals surface area contributed by atoms with Crippen LogP contribution in [0.1, 0.15) is 6.42 Å². The van der Waals surface area contributed by atoms with Crippen molar-refractivity contribution in [2.24, 2.45) is 5.73 Å². The summed E-state index contributed by atoms with van der Waals surface area (Å²) in [6.07, 6.45) is 1.01. The highest BCUT2D eigenvalue weighted by molar-refractivity contribution is 5.74. The van der Waals surface area contributed by atoms with Gasteiger partial charge in [0.2, 0.25) is 0 Å². The highest BCUT2D eigenvalue weighted by Crippen LogP contribution is 1.95. The fourth-order valence-electron chi connectivity index (χ4n) is 1.20. The van der Waals surface area contributed by atoms with Crippen molar-refractivity contribution in [1.82, 2.24) is 16.0 Å². The molecular weight excluding hydrogens is 156 g/mol. The molecule has 1 saturated heterocycles. The monoisotopic (exact) mass is 172 g/mol. The molecule has 5 heteroatoms. The first-order valence-electron chi connectivity index (χ1n) is 4.28. The Morgan fingerprint density at radius 1 is 1.67 bits per heavy atom. The zero-order chi connectivity index (χ0) is 8.81. The van der Waals surface area contributed by atoms with E-state index in [4.69, 9.17) is 5.73 Å². The molecule has 0 aliphatic carbocycles. The SMILES string of the molecule is NCCNC(=O)NC1CCNC1. The van der Waals surface area contributed by atoms with Crippen LogP contribution in [0.25, 0.3) is 0 Å². The van der Waals surface area contributed by atoms with Gasteiger partial charge >= 0.3 is 6.03 Å². The van der Waals surface area contributed by atoms with Gasteiger partial charge in [-0.2, -0.15) is 0 Å². The quantitative estimate of drug-likeness (QED) is 0.423. The van der Waals surface area contributed by atoms with Gasteiger partial charge in [-0.05, 0) is 13.0 Å². The van der Waals surface area contributed by atoms with Crippen molar-refractivity contribution in [2.45, 2.75) is 12.5 Å². The molecule has 1 heterocycles. The normalized spacial score (nSPS) is 22.2. The van der Waals surface area contributed by atoms with Crippen LogP contribution in [-0.4, -0.2) is 38.3 Å². The maximum Gasteiger partial charge on any atom is 0.315 e. The topological polar surface area (TPSA) is 79.2 Å². The molecule has 1 rings (SSSR count). The third-order valence-electron chi connectivity index (χ3n) is 1.83. The van der Waals surface area contributed by atoms with Crippen molar-refractivity contribution in [3.63, 3.8) is 0 Å². The van der Waals surface area contributed by atoms with Gasteiger partial charge in [-0.25, -0.2) is 4.79 Å². The molecule has 12 heavy (non-hydrogen) atoms. The molecule has 0 bridgehead atoms. The Morgan fingerprint density at radius 3 is 3.08 bits per heavy atom. The summed E-state index contributed by atoms with van der Waals surface area (Å²) in [6.45, 7) is 2.88. The molecule has 0 aromatic heterocycles. The van der Waals surface area contributed by atoms with Gasteiger partial charge in [0.15, 0.2) is 0 Å². The first-order valence-corrected chi connectivity index (χ1v) is 4.28. The molecule has 0 spiro atoms. The van der Waals surface area contributed by atoms with Crippen molar-refractivity contribution >= 4 is 6.03 Å². The van der Waals surface area contributed by atoms with E-state index >= 15 is 0 Å². The Bertz CT molecular complexity index is 144. The molecule has 0 aromatic rings. The molecule has 0 aromatic carbocycles. The van der Waals surface area contributed by atoms with Crippen LogP contribution in [0.15, 0.2) is 0 Å². The van der Waals surface area contributed by atoms with Crippen molar-refractivity contribution in [3.05, 3.63) is 0 Å². The molecule has 1 fully saturated rings. The summed E-state index contributed by atoms with van der Waals surface area (Å²) in [6, 6.07) is 0.164. The Labute approximate surface area is 72.1 Å². The Hall–Kier alpha value is -0.810. The summed E-state index contributed by atoms with van der Waals surface area (Å²) in [7, 11) is 0. The minimum atomic E-state index is -0.117. The number of rotatable bonds is 3. The van der Waals surface area contributed by atoms with Crippen LogP contribution in [0.2, 0.25) is 0 Å². The number of amides is 2. The van der Waals surface area contributed by atoms with Gasteiger partial charge in [-0.15, -0.1) is 0 Å². The lowest BCUT2D eigenvalue weighted by molar-refractivity contribution is 0.238. The van der Waals surface area contributed by atoms with Gasteiger partial charge in [0.25, 0.3) is 0 Å². The lowest BCUT2D eigenvalue weighted by atomic mass is 10.3. The lowest BCUT2D eigenvalue weighted by Crippen LogP contribution is -2.44. The van der Waals surface area contributed by atoms with Gasteiger partial charge in [0, 0.05) is 25.7 Å². The standard InChI is InChI=1S/C7H16N4O/c8-2-4-10-7(12)11-6-1-3-9-5-6/h6,9H,1-5,8H2,(H2,10,11,12). The van der Waals surface area contributed by atoms with Crippen LogP contribution in [0.5, 0.6) is 0 Å². The van der Waals surface area contributed by atoms with Crippen LogP contribution >= 0.6 is 0 Å². The van der Waals surface area contributed by atoms with Crippen LogP contribution in [-0.2, 0) is 0 Å². The van der Waals surface area contributed by atoms with Crippen molar-refractivity contribution in [1.29, 1.82) is 0 Å². The number of nitrogens with one attached hydrogen (secondary N) is 3. The second-order valence-electron chi connectivity index (χ2n) is 2.88. The van der Waals surface area contributed by atoms with Crippen LogP contribution in [0.4, 0.5) is 4.79 Å². The molecule has 1 aliphatic rings. The molecule has 1 aliphatic heterocycles. The fraction of sp³-hybridized carbons (Fsp3) is 0.857. The van der Waals surface area contributed by atoms with Gasteiger partial charge < -0.3 is 21.7 Å². The lowest BCUT2D eigenvalue weighted by Gasteiger charge is -2.11. The Morgan fingerprint density at radius 2 is 2.50 bits per heavy atom. The predicted octanol–water partition coefficient (Wildman–Crippen LogP) is -1.39. The van der Waals surface area contributed by atoms with E-state index in [2.05, 4.69) is 16.0 Å². The Balaban J connectivity index is 2.08. The third kappa shape index (κ3) is 3.06. The number of hydrogen-bond donors (Lipinski definition) is 4. The fourth-order valence-corrected chi connectivity index (χ4v) is 1.20. The van der Waals surface area contributed by atoms with E-state index in [0.29, 0.717) is 13.1 Å². The summed E-state index contributed by atoms with van der Waals surface area (Å²) in [5, 5.41) is 8.67. The smallest absolute Gasteiger partial charge is 0.315 e. The summed E-state index contributed by atoms with van der Waals surface area (Å²) in [4.78, 5) is 11.1. The molecule has 70 valence electrons. The van der Waals surface area contributed by atoms with Crippen LogP contribution in [0, 0.1) is 0 Å². The van der Waals surface area contributed by atoms with Crippen LogP contribution in [0.3, 0.4) is 0 Å². The number of carbonyl (C=O) groups is 1. The highest BCUT2D eigenvalue weighted by atomic mass is 16.2. The zero-order valence-corrected chi connectivity index (χ0v) is 7.10. The second kappa shape index (κ2) is 4.95. The number of carbonyl (C=O) groups excluding carboxylic acids is 1. The molecule has 2 amide bonds. The summed E-state index contributed by atoms with van der Waals surface area (Å²) in [5.74, 6) is 0. The third-order valence-corrected chi connectivity index (χ3v) is 1.83. The van der Waals surface area contributed by atoms with E-state index in [-0.39, 0.29) is 12.1 Å². The summed E-state index contributed by atoms with van der Waals surface area (Å²) < 4.78 is 0. The van der Waals surface area contributed by atoms with Gasteiger partial charge in [0.05, 0.1) is 0 Å². The van der Waals surface area contributed by atoms with Crippen molar-refractivity contribution < 1.29 is 4.79 Å². The molecule has 1 unspecified atom stereocenters. The van der Waals surface area contributed by atoms with E-state index in [1.807, 2.05) is 0 Å².